The number of nitrogen functional groups attached to an aromatic ring is 1. The summed E-state index contributed by atoms with van der Waals surface area (Å²) in [5.74, 6) is 0.611. The fraction of sp³-hybridized carbons (Fsp3) is 0.0714. The van der Waals surface area contributed by atoms with Gasteiger partial charge in [-0.2, -0.15) is 0 Å². The molecule has 0 saturated heterocycles. The maximum absolute atomic E-state index is 5.59. The van der Waals surface area contributed by atoms with Crippen LogP contribution in [0.1, 0.15) is 0 Å². The predicted molar refractivity (Wildman–Crippen MR) is 79.5 cm³/mol. The first-order valence-electron chi connectivity index (χ1n) is 5.97. The van der Waals surface area contributed by atoms with Crippen LogP contribution in [-0.2, 0) is 0 Å². The van der Waals surface area contributed by atoms with E-state index in [1.165, 1.54) is 11.3 Å². The van der Waals surface area contributed by atoms with Crippen LogP contribution in [0.25, 0.3) is 21.7 Å². The van der Waals surface area contributed by atoms with Crippen molar-refractivity contribution in [2.45, 2.75) is 0 Å². The molecule has 0 aliphatic rings. The van der Waals surface area contributed by atoms with E-state index in [-0.39, 0.29) is 0 Å². The summed E-state index contributed by atoms with van der Waals surface area (Å²) in [7, 11) is 1.62. The van der Waals surface area contributed by atoms with Crippen molar-refractivity contribution in [2.24, 2.45) is 0 Å². The Morgan fingerprint density at radius 3 is 2.45 bits per heavy atom. The number of benzene rings is 1. The van der Waals surface area contributed by atoms with Gasteiger partial charge >= 0.3 is 0 Å². The minimum Gasteiger partial charge on any atom is -0.481 e. The molecule has 20 heavy (non-hydrogen) atoms. The lowest BCUT2D eigenvalue weighted by Crippen LogP contribution is -1.90. The number of methoxy groups -OCH3 is 1. The molecular weight excluding hydrogens is 272 g/mol. The topological polar surface area (TPSA) is 73.9 Å². The molecule has 100 valence electrons. The van der Waals surface area contributed by atoms with Gasteiger partial charge in [-0.05, 0) is 17.7 Å². The summed E-state index contributed by atoms with van der Waals surface area (Å²) in [6, 6.07) is 11.9. The SMILES string of the molecule is COc1ncccc1-c1ccc(-c2nnc(N)s2)cc1. The predicted octanol–water partition coefficient (Wildman–Crippen LogP) is 2.86. The van der Waals surface area contributed by atoms with E-state index in [9.17, 15) is 0 Å². The molecule has 3 aromatic rings. The van der Waals surface area contributed by atoms with Crippen molar-refractivity contribution in [1.82, 2.24) is 15.2 Å². The van der Waals surface area contributed by atoms with Gasteiger partial charge in [-0.3, -0.25) is 0 Å². The Bertz CT molecular complexity index is 724. The number of anilines is 1. The first kappa shape index (κ1) is 12.6. The van der Waals surface area contributed by atoms with Crippen LogP contribution in [0.3, 0.4) is 0 Å². The van der Waals surface area contributed by atoms with Crippen molar-refractivity contribution in [3.05, 3.63) is 42.6 Å². The normalized spacial score (nSPS) is 10.4. The molecule has 0 unspecified atom stereocenters. The smallest absolute Gasteiger partial charge is 0.221 e. The highest BCUT2D eigenvalue weighted by Gasteiger charge is 2.08. The molecular formula is C14H12N4OS. The molecule has 0 aliphatic carbocycles. The summed E-state index contributed by atoms with van der Waals surface area (Å²) >= 11 is 1.37. The van der Waals surface area contributed by atoms with Gasteiger partial charge in [-0.1, -0.05) is 35.6 Å². The average molecular weight is 284 g/mol. The fourth-order valence-electron chi connectivity index (χ4n) is 1.92. The van der Waals surface area contributed by atoms with Gasteiger partial charge in [0.05, 0.1) is 7.11 Å². The zero-order valence-electron chi connectivity index (χ0n) is 10.8. The second-order valence-corrected chi connectivity index (χ2v) is 5.09. The van der Waals surface area contributed by atoms with Gasteiger partial charge in [0.15, 0.2) is 0 Å². The Morgan fingerprint density at radius 2 is 1.80 bits per heavy atom. The molecule has 2 aromatic heterocycles. The molecule has 0 bridgehead atoms. The standard InChI is InChI=1S/C14H12N4OS/c1-19-12-11(3-2-8-16-12)9-4-6-10(7-5-9)13-17-18-14(15)20-13/h2-8H,1H3,(H2,15,18). The molecule has 0 amide bonds. The van der Waals surface area contributed by atoms with E-state index in [4.69, 9.17) is 10.5 Å². The average Bonchev–Trinajstić information content (AvgIpc) is 2.94. The van der Waals surface area contributed by atoms with Crippen LogP contribution < -0.4 is 10.5 Å². The van der Waals surface area contributed by atoms with Crippen molar-refractivity contribution >= 4 is 16.5 Å². The first-order valence-corrected chi connectivity index (χ1v) is 6.78. The van der Waals surface area contributed by atoms with Gasteiger partial charge in [-0.15, -0.1) is 10.2 Å². The van der Waals surface area contributed by atoms with Crippen molar-refractivity contribution in [2.75, 3.05) is 12.8 Å². The zero-order valence-corrected chi connectivity index (χ0v) is 11.6. The van der Waals surface area contributed by atoms with E-state index in [0.717, 1.165) is 21.7 Å². The quantitative estimate of drug-likeness (QED) is 0.800. The second kappa shape index (κ2) is 5.26. The molecule has 0 aliphatic heterocycles. The number of hydrogen-bond acceptors (Lipinski definition) is 6. The van der Waals surface area contributed by atoms with Crippen LogP contribution in [-0.4, -0.2) is 22.3 Å². The van der Waals surface area contributed by atoms with E-state index in [0.29, 0.717) is 11.0 Å². The molecule has 2 N–H and O–H groups in total. The van der Waals surface area contributed by atoms with Crippen molar-refractivity contribution in [3.8, 4) is 27.6 Å². The Hall–Kier alpha value is -2.47. The third kappa shape index (κ3) is 2.33. The summed E-state index contributed by atoms with van der Waals surface area (Å²) in [6.45, 7) is 0. The maximum Gasteiger partial charge on any atom is 0.221 e. The monoisotopic (exact) mass is 284 g/mol. The molecule has 3 rings (SSSR count). The summed E-state index contributed by atoms with van der Waals surface area (Å²) in [5, 5.41) is 9.13. The largest absolute Gasteiger partial charge is 0.481 e. The zero-order chi connectivity index (χ0) is 13.9. The Balaban J connectivity index is 1.97. The van der Waals surface area contributed by atoms with Gasteiger partial charge in [-0.25, -0.2) is 4.98 Å². The van der Waals surface area contributed by atoms with Crippen LogP contribution in [0.4, 0.5) is 5.13 Å². The molecule has 0 saturated carbocycles. The molecule has 5 nitrogen and oxygen atoms in total. The lowest BCUT2D eigenvalue weighted by Gasteiger charge is -2.07. The summed E-state index contributed by atoms with van der Waals surface area (Å²) in [4.78, 5) is 4.20. The highest BCUT2D eigenvalue weighted by Crippen LogP contribution is 2.30. The summed E-state index contributed by atoms with van der Waals surface area (Å²) < 4.78 is 5.27. The van der Waals surface area contributed by atoms with E-state index in [1.54, 1.807) is 13.3 Å². The van der Waals surface area contributed by atoms with Crippen LogP contribution in [0.2, 0.25) is 0 Å². The van der Waals surface area contributed by atoms with Gasteiger partial charge in [0.1, 0.15) is 5.01 Å². The highest BCUT2D eigenvalue weighted by atomic mass is 32.1. The summed E-state index contributed by atoms with van der Waals surface area (Å²) in [6.07, 6.45) is 1.71. The Morgan fingerprint density at radius 1 is 1.05 bits per heavy atom. The van der Waals surface area contributed by atoms with E-state index >= 15 is 0 Å². The van der Waals surface area contributed by atoms with Crippen molar-refractivity contribution < 1.29 is 4.74 Å². The molecule has 0 spiro atoms. The molecule has 6 heteroatoms. The minimum absolute atomic E-state index is 0.470. The third-order valence-corrected chi connectivity index (χ3v) is 3.65. The van der Waals surface area contributed by atoms with Crippen molar-refractivity contribution in [1.29, 1.82) is 0 Å². The number of nitrogens with zero attached hydrogens (tertiary/aromatic N) is 3. The van der Waals surface area contributed by atoms with Gasteiger partial charge in [0, 0.05) is 17.3 Å². The van der Waals surface area contributed by atoms with Crippen molar-refractivity contribution in [3.63, 3.8) is 0 Å². The molecule has 0 fully saturated rings. The number of hydrogen-bond donors (Lipinski definition) is 1. The summed E-state index contributed by atoms with van der Waals surface area (Å²) in [5.41, 5.74) is 8.58. The molecule has 1 aromatic carbocycles. The highest BCUT2D eigenvalue weighted by molar-refractivity contribution is 7.18. The molecule has 0 atom stereocenters. The molecule has 2 heterocycles. The van der Waals surface area contributed by atoms with Crippen LogP contribution in [0, 0.1) is 0 Å². The number of ether oxygens (including phenoxy) is 1. The fourth-order valence-corrected chi connectivity index (χ4v) is 2.53. The minimum atomic E-state index is 0.470. The van der Waals surface area contributed by atoms with Gasteiger partial charge in [0.25, 0.3) is 0 Å². The van der Waals surface area contributed by atoms with E-state index in [1.807, 2.05) is 36.4 Å². The first-order chi connectivity index (χ1) is 9.78. The van der Waals surface area contributed by atoms with Crippen LogP contribution in [0.15, 0.2) is 42.6 Å². The van der Waals surface area contributed by atoms with Gasteiger partial charge in [0.2, 0.25) is 11.0 Å². The number of nitrogens with two attached hydrogens (primary N) is 1. The lowest BCUT2D eigenvalue weighted by atomic mass is 10.1. The number of rotatable bonds is 3. The number of pyridine rings is 1. The van der Waals surface area contributed by atoms with E-state index < -0.39 is 0 Å². The Kier molecular flexibility index (Phi) is 3.30. The second-order valence-electron chi connectivity index (χ2n) is 4.08. The maximum atomic E-state index is 5.59. The molecule has 0 radical (unpaired) electrons. The van der Waals surface area contributed by atoms with Gasteiger partial charge < -0.3 is 10.5 Å². The van der Waals surface area contributed by atoms with Crippen LogP contribution in [0.5, 0.6) is 5.88 Å². The third-order valence-electron chi connectivity index (χ3n) is 2.85. The van der Waals surface area contributed by atoms with E-state index in [2.05, 4.69) is 15.2 Å². The Labute approximate surface area is 120 Å². The number of aromatic nitrogens is 3. The lowest BCUT2D eigenvalue weighted by molar-refractivity contribution is 0.399. The van der Waals surface area contributed by atoms with Crippen LogP contribution >= 0.6 is 11.3 Å².